The molecular weight excluding hydrogens is 284 g/mol. The molecular formula is C20H24N2O. The molecule has 2 aliphatic heterocycles. The Balaban J connectivity index is 1.42. The predicted octanol–water partition coefficient (Wildman–Crippen LogP) is 2.77. The van der Waals surface area contributed by atoms with E-state index < -0.39 is 0 Å². The number of benzene rings is 2. The summed E-state index contributed by atoms with van der Waals surface area (Å²) in [6.45, 7) is 6.10. The van der Waals surface area contributed by atoms with Crippen LogP contribution in [0.15, 0.2) is 60.7 Å². The van der Waals surface area contributed by atoms with Gasteiger partial charge in [-0.25, -0.2) is 0 Å². The van der Waals surface area contributed by atoms with Gasteiger partial charge >= 0.3 is 0 Å². The van der Waals surface area contributed by atoms with Gasteiger partial charge in [0.2, 0.25) is 0 Å². The van der Waals surface area contributed by atoms with Crippen molar-refractivity contribution in [3.8, 4) is 0 Å². The van der Waals surface area contributed by atoms with Gasteiger partial charge in [-0.2, -0.15) is 0 Å². The number of morpholine rings is 1. The smallest absolute Gasteiger partial charge is 0.0870 e. The molecule has 3 heteroatoms. The first-order chi connectivity index (χ1) is 11.4. The van der Waals surface area contributed by atoms with Crippen LogP contribution in [0.2, 0.25) is 0 Å². The van der Waals surface area contributed by atoms with E-state index in [1.165, 1.54) is 11.1 Å². The zero-order valence-electron chi connectivity index (χ0n) is 13.5. The van der Waals surface area contributed by atoms with Crippen LogP contribution < -0.4 is 0 Å². The third kappa shape index (κ3) is 3.47. The zero-order valence-corrected chi connectivity index (χ0v) is 13.5. The second kappa shape index (κ2) is 6.83. The number of likely N-dealkylation sites (tertiary alicyclic amines) is 1. The Hall–Kier alpha value is -1.68. The standard InChI is InChI=1S/C20H24N2O/c1-3-7-17(8-4-1)13-21-15-19-20(16-21)23-12-11-22(19)14-18-9-5-2-6-10-18/h1-10,19-20H,11-16H2. The summed E-state index contributed by atoms with van der Waals surface area (Å²) in [7, 11) is 0. The molecule has 0 N–H and O–H groups in total. The van der Waals surface area contributed by atoms with Gasteiger partial charge < -0.3 is 4.74 Å². The highest BCUT2D eigenvalue weighted by Crippen LogP contribution is 2.25. The van der Waals surface area contributed by atoms with E-state index in [0.717, 1.165) is 39.3 Å². The SMILES string of the molecule is c1ccc(CN2CC3OCCN(Cc4ccccc4)C3C2)cc1. The molecule has 0 bridgehead atoms. The number of hydrogen-bond acceptors (Lipinski definition) is 3. The highest BCUT2D eigenvalue weighted by molar-refractivity contribution is 5.16. The lowest BCUT2D eigenvalue weighted by atomic mass is 10.1. The van der Waals surface area contributed by atoms with Crippen LogP contribution in [-0.2, 0) is 17.8 Å². The Morgan fingerprint density at radius 1 is 0.826 bits per heavy atom. The highest BCUT2D eigenvalue weighted by atomic mass is 16.5. The fourth-order valence-corrected chi connectivity index (χ4v) is 3.82. The van der Waals surface area contributed by atoms with Crippen molar-refractivity contribution in [2.45, 2.75) is 25.2 Å². The number of fused-ring (bicyclic) bond motifs is 1. The maximum Gasteiger partial charge on any atom is 0.0870 e. The van der Waals surface area contributed by atoms with Gasteiger partial charge in [-0.1, -0.05) is 60.7 Å². The van der Waals surface area contributed by atoms with Crippen LogP contribution in [0.3, 0.4) is 0 Å². The van der Waals surface area contributed by atoms with Crippen molar-refractivity contribution < 1.29 is 4.74 Å². The molecule has 2 saturated heterocycles. The largest absolute Gasteiger partial charge is 0.374 e. The molecule has 2 fully saturated rings. The quantitative estimate of drug-likeness (QED) is 0.864. The summed E-state index contributed by atoms with van der Waals surface area (Å²) in [6, 6.07) is 22.1. The van der Waals surface area contributed by atoms with Gasteiger partial charge in [0.05, 0.1) is 18.8 Å². The summed E-state index contributed by atoms with van der Waals surface area (Å²) in [4.78, 5) is 5.14. The molecule has 120 valence electrons. The molecule has 2 aromatic carbocycles. The van der Waals surface area contributed by atoms with Crippen LogP contribution in [0.1, 0.15) is 11.1 Å². The van der Waals surface area contributed by atoms with E-state index in [4.69, 9.17) is 4.74 Å². The average Bonchev–Trinajstić information content (AvgIpc) is 3.00. The van der Waals surface area contributed by atoms with Crippen molar-refractivity contribution in [3.05, 3.63) is 71.8 Å². The number of nitrogens with zero attached hydrogens (tertiary/aromatic N) is 2. The van der Waals surface area contributed by atoms with Crippen LogP contribution in [0, 0.1) is 0 Å². The Morgan fingerprint density at radius 2 is 1.48 bits per heavy atom. The summed E-state index contributed by atoms with van der Waals surface area (Å²) >= 11 is 0. The van der Waals surface area contributed by atoms with E-state index in [9.17, 15) is 0 Å². The van der Waals surface area contributed by atoms with Crippen LogP contribution in [-0.4, -0.2) is 48.2 Å². The molecule has 2 heterocycles. The minimum atomic E-state index is 0.358. The Labute approximate surface area is 138 Å². The fraction of sp³-hybridized carbons (Fsp3) is 0.400. The van der Waals surface area contributed by atoms with Gasteiger partial charge in [0.25, 0.3) is 0 Å². The summed E-state index contributed by atoms with van der Waals surface area (Å²) in [5, 5.41) is 0. The lowest BCUT2D eigenvalue weighted by molar-refractivity contribution is -0.0504. The maximum atomic E-state index is 6.05. The number of hydrogen-bond donors (Lipinski definition) is 0. The normalized spacial score (nSPS) is 25.4. The van der Waals surface area contributed by atoms with Crippen molar-refractivity contribution in [2.75, 3.05) is 26.2 Å². The second-order valence-corrected chi connectivity index (χ2v) is 6.61. The first-order valence-corrected chi connectivity index (χ1v) is 8.54. The van der Waals surface area contributed by atoms with Crippen LogP contribution in [0.5, 0.6) is 0 Å². The van der Waals surface area contributed by atoms with E-state index in [0.29, 0.717) is 12.1 Å². The summed E-state index contributed by atoms with van der Waals surface area (Å²) in [5.74, 6) is 0. The van der Waals surface area contributed by atoms with E-state index in [1.54, 1.807) is 0 Å². The van der Waals surface area contributed by atoms with E-state index >= 15 is 0 Å². The van der Waals surface area contributed by atoms with Gasteiger partial charge in [-0.3, -0.25) is 9.80 Å². The molecule has 0 aliphatic carbocycles. The number of rotatable bonds is 4. The van der Waals surface area contributed by atoms with E-state index in [2.05, 4.69) is 70.5 Å². The first kappa shape index (κ1) is 14.9. The van der Waals surface area contributed by atoms with Gasteiger partial charge in [0.15, 0.2) is 0 Å². The van der Waals surface area contributed by atoms with Crippen molar-refractivity contribution >= 4 is 0 Å². The zero-order chi connectivity index (χ0) is 15.5. The predicted molar refractivity (Wildman–Crippen MR) is 92.1 cm³/mol. The van der Waals surface area contributed by atoms with Crippen molar-refractivity contribution in [1.82, 2.24) is 9.80 Å². The lowest BCUT2D eigenvalue weighted by Crippen LogP contribution is -2.50. The maximum absolute atomic E-state index is 6.05. The lowest BCUT2D eigenvalue weighted by Gasteiger charge is -2.37. The average molecular weight is 308 g/mol. The molecule has 4 rings (SSSR count). The molecule has 2 unspecified atom stereocenters. The van der Waals surface area contributed by atoms with Gasteiger partial charge in [-0.05, 0) is 11.1 Å². The molecule has 3 nitrogen and oxygen atoms in total. The molecule has 0 aromatic heterocycles. The molecule has 0 amide bonds. The minimum absolute atomic E-state index is 0.358. The Morgan fingerprint density at radius 3 is 2.17 bits per heavy atom. The van der Waals surface area contributed by atoms with Crippen molar-refractivity contribution in [3.63, 3.8) is 0 Å². The molecule has 0 spiro atoms. The fourth-order valence-electron chi connectivity index (χ4n) is 3.82. The van der Waals surface area contributed by atoms with Crippen molar-refractivity contribution in [2.24, 2.45) is 0 Å². The molecule has 2 atom stereocenters. The van der Waals surface area contributed by atoms with Crippen LogP contribution in [0.4, 0.5) is 0 Å². The Bertz CT molecular complexity index is 616. The highest BCUT2D eigenvalue weighted by Gasteiger charge is 2.39. The molecule has 0 radical (unpaired) electrons. The molecule has 0 saturated carbocycles. The topological polar surface area (TPSA) is 15.7 Å². The van der Waals surface area contributed by atoms with Crippen LogP contribution in [0.25, 0.3) is 0 Å². The third-order valence-electron chi connectivity index (χ3n) is 4.97. The summed E-state index contributed by atoms with van der Waals surface area (Å²) in [5.41, 5.74) is 2.79. The van der Waals surface area contributed by atoms with Gasteiger partial charge in [0, 0.05) is 32.7 Å². The third-order valence-corrected chi connectivity index (χ3v) is 4.97. The van der Waals surface area contributed by atoms with Crippen LogP contribution >= 0.6 is 0 Å². The van der Waals surface area contributed by atoms with Gasteiger partial charge in [-0.15, -0.1) is 0 Å². The first-order valence-electron chi connectivity index (χ1n) is 8.54. The Kier molecular flexibility index (Phi) is 4.42. The van der Waals surface area contributed by atoms with E-state index in [1.807, 2.05) is 0 Å². The summed E-state index contributed by atoms with van der Waals surface area (Å²) in [6.07, 6.45) is 0.358. The minimum Gasteiger partial charge on any atom is -0.374 e. The molecule has 2 aliphatic rings. The monoisotopic (exact) mass is 308 g/mol. The molecule has 23 heavy (non-hydrogen) atoms. The second-order valence-electron chi connectivity index (χ2n) is 6.61. The van der Waals surface area contributed by atoms with Gasteiger partial charge in [0.1, 0.15) is 0 Å². The molecule has 2 aromatic rings. The van der Waals surface area contributed by atoms with E-state index in [-0.39, 0.29) is 0 Å². The summed E-state index contributed by atoms with van der Waals surface area (Å²) < 4.78 is 6.05. The number of ether oxygens (including phenoxy) is 1. The van der Waals surface area contributed by atoms with Crippen molar-refractivity contribution in [1.29, 1.82) is 0 Å².